The number of thiophene rings is 1. The van der Waals surface area contributed by atoms with Crippen molar-refractivity contribution in [3.05, 3.63) is 87.6 Å². The Morgan fingerprint density at radius 1 is 1.00 bits per heavy atom. The zero-order valence-corrected chi connectivity index (χ0v) is 15.0. The first-order chi connectivity index (χ1) is 12.4. The van der Waals surface area contributed by atoms with Crippen molar-refractivity contribution in [1.29, 1.82) is 0 Å². The zero-order valence-electron chi connectivity index (χ0n) is 13.4. The highest BCUT2D eigenvalue weighted by molar-refractivity contribution is 7.89. The molecule has 1 atom stereocenters. The summed E-state index contributed by atoms with van der Waals surface area (Å²) in [6.07, 6.45) is -0.794. The van der Waals surface area contributed by atoms with E-state index < -0.39 is 27.8 Å². The second-order valence-corrected chi connectivity index (χ2v) is 8.48. The largest absolute Gasteiger partial charge is 0.383 e. The van der Waals surface area contributed by atoms with Gasteiger partial charge in [0.05, 0.1) is 4.90 Å². The van der Waals surface area contributed by atoms with E-state index in [-0.39, 0.29) is 11.4 Å². The molecule has 2 aromatic carbocycles. The predicted octanol–water partition coefficient (Wildman–Crippen LogP) is 3.59. The van der Waals surface area contributed by atoms with Crippen LogP contribution >= 0.6 is 11.3 Å². The molecule has 0 radical (unpaired) electrons. The fraction of sp³-hybridized carbons (Fsp3) is 0.111. The topological polar surface area (TPSA) is 66.4 Å². The molecule has 0 unspecified atom stereocenters. The van der Waals surface area contributed by atoms with Crippen molar-refractivity contribution in [3.63, 3.8) is 0 Å². The number of hydrogen-bond acceptors (Lipinski definition) is 4. The molecule has 3 rings (SSSR count). The van der Waals surface area contributed by atoms with Crippen LogP contribution in [0.15, 0.2) is 65.6 Å². The number of hydrogen-bond donors (Lipinski definition) is 2. The minimum atomic E-state index is -3.97. The number of halogens is 2. The summed E-state index contributed by atoms with van der Waals surface area (Å²) in [6.45, 7) is -0.0203. The van der Waals surface area contributed by atoms with Gasteiger partial charge < -0.3 is 5.11 Å². The lowest BCUT2D eigenvalue weighted by Gasteiger charge is -2.08. The quantitative estimate of drug-likeness (QED) is 0.670. The first kappa shape index (κ1) is 18.7. The van der Waals surface area contributed by atoms with Crippen molar-refractivity contribution in [2.75, 3.05) is 0 Å². The summed E-state index contributed by atoms with van der Waals surface area (Å²) >= 11 is 1.27. The van der Waals surface area contributed by atoms with E-state index >= 15 is 0 Å². The summed E-state index contributed by atoms with van der Waals surface area (Å²) < 4.78 is 52.9. The molecule has 0 saturated heterocycles. The Bertz CT molecular complexity index is 1000. The van der Waals surface area contributed by atoms with Crippen molar-refractivity contribution in [2.45, 2.75) is 17.5 Å². The molecule has 0 amide bonds. The van der Waals surface area contributed by atoms with Gasteiger partial charge in [0.1, 0.15) is 6.10 Å². The molecule has 1 heterocycles. The molecule has 8 heteroatoms. The van der Waals surface area contributed by atoms with Gasteiger partial charge in [-0.3, -0.25) is 0 Å². The van der Waals surface area contributed by atoms with Gasteiger partial charge in [-0.05, 0) is 35.9 Å². The average Bonchev–Trinajstić information content (AvgIpc) is 3.11. The molecule has 0 aliphatic carbocycles. The van der Waals surface area contributed by atoms with Gasteiger partial charge in [0.2, 0.25) is 10.0 Å². The molecule has 0 bridgehead atoms. The lowest BCUT2D eigenvalue weighted by atomic mass is 10.1. The van der Waals surface area contributed by atoms with Crippen molar-refractivity contribution < 1.29 is 22.3 Å². The predicted molar refractivity (Wildman–Crippen MR) is 95.2 cm³/mol. The summed E-state index contributed by atoms with van der Waals surface area (Å²) in [4.78, 5) is 1.01. The van der Waals surface area contributed by atoms with Crippen molar-refractivity contribution in [3.8, 4) is 0 Å². The first-order valence-corrected chi connectivity index (χ1v) is 9.93. The van der Waals surface area contributed by atoms with Crippen LogP contribution in [0.25, 0.3) is 0 Å². The van der Waals surface area contributed by atoms with Crippen LogP contribution in [0, 0.1) is 11.6 Å². The lowest BCUT2D eigenvalue weighted by Crippen LogP contribution is -2.23. The molecule has 26 heavy (non-hydrogen) atoms. The van der Waals surface area contributed by atoms with Crippen LogP contribution in [-0.2, 0) is 16.6 Å². The highest BCUT2D eigenvalue weighted by atomic mass is 32.2. The molecule has 3 aromatic rings. The first-order valence-electron chi connectivity index (χ1n) is 7.63. The summed E-state index contributed by atoms with van der Waals surface area (Å²) in [7, 11) is -3.97. The maximum atomic E-state index is 13.2. The Balaban J connectivity index is 1.70. The van der Waals surface area contributed by atoms with E-state index in [0.717, 1.165) is 17.7 Å². The number of sulfonamides is 1. The van der Waals surface area contributed by atoms with Crippen LogP contribution < -0.4 is 4.72 Å². The van der Waals surface area contributed by atoms with E-state index in [4.69, 9.17) is 0 Å². The van der Waals surface area contributed by atoms with E-state index in [1.54, 1.807) is 24.3 Å². The molecular formula is C18H15F2NO3S2. The second-order valence-electron chi connectivity index (χ2n) is 5.52. The Morgan fingerprint density at radius 2 is 1.73 bits per heavy atom. The summed E-state index contributed by atoms with van der Waals surface area (Å²) in [5.41, 5.74) is 0.739. The minimum Gasteiger partial charge on any atom is -0.383 e. The van der Waals surface area contributed by atoms with E-state index in [2.05, 4.69) is 4.72 Å². The number of rotatable bonds is 6. The normalized spacial score (nSPS) is 12.9. The van der Waals surface area contributed by atoms with Gasteiger partial charge in [-0.1, -0.05) is 30.3 Å². The Hall–Kier alpha value is -2.13. The second kappa shape index (κ2) is 7.63. The highest BCUT2D eigenvalue weighted by Gasteiger charge is 2.18. The van der Waals surface area contributed by atoms with Gasteiger partial charge in [0.15, 0.2) is 11.6 Å². The van der Waals surface area contributed by atoms with Gasteiger partial charge in [-0.2, -0.15) is 0 Å². The van der Waals surface area contributed by atoms with Crippen molar-refractivity contribution in [2.24, 2.45) is 0 Å². The third-order valence-electron chi connectivity index (χ3n) is 3.71. The number of aliphatic hydroxyl groups is 1. The Labute approximate surface area is 153 Å². The maximum Gasteiger partial charge on any atom is 0.241 e. The SMILES string of the molecule is O=S(=O)(NCc1ccc([C@H](O)c2ccccc2)s1)c1ccc(F)c(F)c1. The highest BCUT2D eigenvalue weighted by Crippen LogP contribution is 2.28. The third kappa shape index (κ3) is 4.16. The fourth-order valence-corrected chi connectivity index (χ4v) is 4.41. The number of aliphatic hydroxyl groups excluding tert-OH is 1. The fourth-order valence-electron chi connectivity index (χ4n) is 2.33. The van der Waals surface area contributed by atoms with Crippen molar-refractivity contribution >= 4 is 21.4 Å². The summed E-state index contributed by atoms with van der Waals surface area (Å²) in [6, 6.07) is 14.9. The van der Waals surface area contributed by atoms with Crippen LogP contribution in [0.1, 0.15) is 21.4 Å². The Morgan fingerprint density at radius 3 is 2.42 bits per heavy atom. The van der Waals surface area contributed by atoms with Gasteiger partial charge in [-0.25, -0.2) is 21.9 Å². The molecule has 2 N–H and O–H groups in total. The monoisotopic (exact) mass is 395 g/mol. The van der Waals surface area contributed by atoms with Crippen LogP contribution in [-0.4, -0.2) is 13.5 Å². The van der Waals surface area contributed by atoms with Gasteiger partial charge in [-0.15, -0.1) is 11.3 Å². The third-order valence-corrected chi connectivity index (χ3v) is 6.24. The van der Waals surface area contributed by atoms with Gasteiger partial charge >= 0.3 is 0 Å². The van der Waals surface area contributed by atoms with E-state index in [0.29, 0.717) is 15.8 Å². The van der Waals surface area contributed by atoms with E-state index in [1.165, 1.54) is 11.3 Å². The van der Waals surface area contributed by atoms with E-state index in [1.807, 2.05) is 18.2 Å². The summed E-state index contributed by atoms with van der Waals surface area (Å²) in [5, 5.41) is 10.4. The molecular weight excluding hydrogens is 380 g/mol. The molecule has 0 saturated carbocycles. The molecule has 4 nitrogen and oxygen atoms in total. The number of nitrogens with one attached hydrogen (secondary N) is 1. The van der Waals surface area contributed by atoms with Crippen molar-refractivity contribution in [1.82, 2.24) is 4.72 Å². The maximum absolute atomic E-state index is 13.2. The molecule has 0 aliphatic rings. The Kier molecular flexibility index (Phi) is 5.47. The lowest BCUT2D eigenvalue weighted by molar-refractivity contribution is 0.224. The zero-order chi connectivity index (χ0) is 18.7. The van der Waals surface area contributed by atoms with E-state index in [9.17, 15) is 22.3 Å². The standard InChI is InChI=1S/C18H15F2NO3S2/c19-15-8-7-14(10-16(15)20)26(23,24)21-11-13-6-9-17(25-13)18(22)12-4-2-1-3-5-12/h1-10,18,21-22H,11H2/t18-/m1/s1. The molecule has 136 valence electrons. The number of benzene rings is 2. The van der Waals surface area contributed by atoms with Crippen LogP contribution in [0.3, 0.4) is 0 Å². The van der Waals surface area contributed by atoms with Gasteiger partial charge in [0.25, 0.3) is 0 Å². The van der Waals surface area contributed by atoms with Crippen LogP contribution in [0.2, 0.25) is 0 Å². The molecule has 1 aromatic heterocycles. The average molecular weight is 395 g/mol. The van der Waals surface area contributed by atoms with Crippen LogP contribution in [0.4, 0.5) is 8.78 Å². The molecule has 0 fully saturated rings. The smallest absolute Gasteiger partial charge is 0.241 e. The van der Waals surface area contributed by atoms with Crippen LogP contribution in [0.5, 0.6) is 0 Å². The summed E-state index contributed by atoms with van der Waals surface area (Å²) in [5.74, 6) is -2.33. The minimum absolute atomic E-state index is 0.0203. The molecule has 0 spiro atoms. The van der Waals surface area contributed by atoms with Gasteiger partial charge in [0, 0.05) is 16.3 Å². The molecule has 0 aliphatic heterocycles.